The molecule has 0 amide bonds. The fourth-order valence-corrected chi connectivity index (χ4v) is 2.60. The molecule has 1 heterocycles. The number of rotatable bonds is 9. The van der Waals surface area contributed by atoms with Crippen LogP contribution in [0.5, 0.6) is 0 Å². The Hall–Kier alpha value is -1.16. The van der Waals surface area contributed by atoms with Gasteiger partial charge in [0.25, 0.3) is 0 Å². The van der Waals surface area contributed by atoms with Crippen LogP contribution in [0.1, 0.15) is 53.0 Å². The van der Waals surface area contributed by atoms with E-state index in [4.69, 9.17) is 0 Å². The molecule has 0 aliphatic heterocycles. The van der Waals surface area contributed by atoms with Crippen molar-refractivity contribution in [3.63, 3.8) is 0 Å². The first-order valence-corrected chi connectivity index (χ1v) is 8.15. The summed E-state index contributed by atoms with van der Waals surface area (Å²) in [7, 11) is 0. The Morgan fingerprint density at radius 3 is 2.43 bits per heavy atom. The summed E-state index contributed by atoms with van der Waals surface area (Å²) in [6.45, 7) is 12.9. The molecule has 0 radical (unpaired) electrons. The first-order chi connectivity index (χ1) is 10.0. The highest BCUT2D eigenvalue weighted by Crippen LogP contribution is 2.25. The minimum atomic E-state index is -0.175. The molecule has 0 aliphatic carbocycles. The van der Waals surface area contributed by atoms with Crippen molar-refractivity contribution < 1.29 is 4.39 Å². The Morgan fingerprint density at radius 1 is 1.24 bits per heavy atom. The molecular weight excluding hydrogens is 265 g/mol. The maximum Gasteiger partial charge on any atom is 0.170 e. The van der Waals surface area contributed by atoms with E-state index in [-0.39, 0.29) is 5.82 Å². The number of nitrogens with zero attached hydrogens (tertiary/aromatic N) is 2. The third-order valence-corrected chi connectivity index (χ3v) is 3.73. The molecule has 0 fully saturated rings. The highest BCUT2D eigenvalue weighted by molar-refractivity contribution is 5.44. The van der Waals surface area contributed by atoms with E-state index < -0.39 is 0 Å². The Kier molecular flexibility index (Phi) is 7.65. The molecule has 0 aliphatic rings. The Balaban J connectivity index is 3.11. The number of hydrogen-bond acceptors (Lipinski definition) is 3. The Morgan fingerprint density at radius 2 is 1.90 bits per heavy atom. The SMILES string of the molecule is CCNCc1ccnc(N(CC(C)C)C(CC)CC)c1F. The molecule has 120 valence electrons. The monoisotopic (exact) mass is 295 g/mol. The summed E-state index contributed by atoms with van der Waals surface area (Å²) in [5.41, 5.74) is 0.696. The largest absolute Gasteiger partial charge is 0.351 e. The van der Waals surface area contributed by atoms with E-state index in [1.165, 1.54) is 0 Å². The molecule has 0 saturated carbocycles. The van der Waals surface area contributed by atoms with Gasteiger partial charge < -0.3 is 10.2 Å². The summed E-state index contributed by atoms with van der Waals surface area (Å²) >= 11 is 0. The molecule has 1 N–H and O–H groups in total. The van der Waals surface area contributed by atoms with Gasteiger partial charge in [-0.3, -0.25) is 0 Å². The van der Waals surface area contributed by atoms with Crippen LogP contribution in [-0.2, 0) is 6.54 Å². The molecule has 0 unspecified atom stereocenters. The summed E-state index contributed by atoms with van der Waals surface area (Å²) < 4.78 is 14.8. The van der Waals surface area contributed by atoms with Crippen LogP contribution in [0.4, 0.5) is 10.2 Å². The molecule has 1 rings (SSSR count). The predicted molar refractivity (Wildman–Crippen MR) is 88.1 cm³/mol. The zero-order valence-electron chi connectivity index (χ0n) is 14.1. The molecular formula is C17H30FN3. The van der Waals surface area contributed by atoms with Crippen LogP contribution in [0.3, 0.4) is 0 Å². The van der Waals surface area contributed by atoms with E-state index in [0.717, 1.165) is 25.9 Å². The number of hydrogen-bond donors (Lipinski definition) is 1. The Labute approximate surface area is 129 Å². The van der Waals surface area contributed by atoms with Crippen molar-refractivity contribution >= 4 is 5.82 Å². The molecule has 0 saturated heterocycles. The molecule has 4 heteroatoms. The van der Waals surface area contributed by atoms with Gasteiger partial charge in [0.15, 0.2) is 11.6 Å². The van der Waals surface area contributed by atoms with Crippen molar-refractivity contribution in [3.05, 3.63) is 23.6 Å². The van der Waals surface area contributed by atoms with Gasteiger partial charge in [-0.25, -0.2) is 9.37 Å². The van der Waals surface area contributed by atoms with Crippen molar-refractivity contribution in [1.82, 2.24) is 10.3 Å². The van der Waals surface area contributed by atoms with E-state index in [0.29, 0.717) is 29.9 Å². The molecule has 21 heavy (non-hydrogen) atoms. The van der Waals surface area contributed by atoms with Gasteiger partial charge in [0.2, 0.25) is 0 Å². The lowest BCUT2D eigenvalue weighted by molar-refractivity contribution is 0.487. The highest BCUT2D eigenvalue weighted by atomic mass is 19.1. The standard InChI is InChI=1S/C17H30FN3/c1-6-15(7-2)21(12-13(4)5)17-16(18)14(9-10-20-17)11-19-8-3/h9-10,13,15,19H,6-8,11-12H2,1-5H3. The van der Waals surface area contributed by atoms with E-state index >= 15 is 0 Å². The van der Waals surface area contributed by atoms with Gasteiger partial charge in [-0.1, -0.05) is 34.6 Å². The van der Waals surface area contributed by atoms with Crippen LogP contribution in [0.2, 0.25) is 0 Å². The van der Waals surface area contributed by atoms with Gasteiger partial charge in [-0.2, -0.15) is 0 Å². The van der Waals surface area contributed by atoms with Gasteiger partial charge in [0, 0.05) is 30.9 Å². The van der Waals surface area contributed by atoms with E-state index in [2.05, 4.69) is 42.9 Å². The smallest absolute Gasteiger partial charge is 0.170 e. The first-order valence-electron chi connectivity index (χ1n) is 8.15. The van der Waals surface area contributed by atoms with Crippen molar-refractivity contribution in [3.8, 4) is 0 Å². The zero-order valence-corrected chi connectivity index (χ0v) is 14.1. The molecule has 0 spiro atoms. The normalized spacial score (nSPS) is 11.4. The van der Waals surface area contributed by atoms with Crippen molar-refractivity contribution in [2.75, 3.05) is 18.0 Å². The second-order valence-corrected chi connectivity index (χ2v) is 5.90. The van der Waals surface area contributed by atoms with Gasteiger partial charge in [-0.05, 0) is 31.4 Å². The van der Waals surface area contributed by atoms with Crippen LogP contribution in [0.25, 0.3) is 0 Å². The van der Waals surface area contributed by atoms with Gasteiger partial charge in [-0.15, -0.1) is 0 Å². The highest BCUT2D eigenvalue weighted by Gasteiger charge is 2.22. The maximum atomic E-state index is 14.8. The minimum Gasteiger partial charge on any atom is -0.351 e. The number of nitrogens with one attached hydrogen (secondary N) is 1. The van der Waals surface area contributed by atoms with Crippen molar-refractivity contribution in [1.29, 1.82) is 0 Å². The lowest BCUT2D eigenvalue weighted by Crippen LogP contribution is -2.38. The quantitative estimate of drug-likeness (QED) is 0.747. The van der Waals surface area contributed by atoms with Crippen molar-refractivity contribution in [2.24, 2.45) is 5.92 Å². The van der Waals surface area contributed by atoms with E-state index in [9.17, 15) is 4.39 Å². The van der Waals surface area contributed by atoms with E-state index in [1.54, 1.807) is 12.3 Å². The summed E-state index contributed by atoms with van der Waals surface area (Å²) in [5, 5.41) is 3.18. The molecule has 1 aromatic heterocycles. The van der Waals surface area contributed by atoms with Gasteiger partial charge in [0.05, 0.1) is 0 Å². The molecule has 0 atom stereocenters. The van der Waals surface area contributed by atoms with Crippen LogP contribution < -0.4 is 10.2 Å². The number of aromatic nitrogens is 1. The zero-order chi connectivity index (χ0) is 15.8. The topological polar surface area (TPSA) is 28.2 Å². The number of pyridine rings is 1. The second-order valence-electron chi connectivity index (χ2n) is 5.90. The van der Waals surface area contributed by atoms with Crippen molar-refractivity contribution in [2.45, 2.75) is 60.0 Å². The fourth-order valence-electron chi connectivity index (χ4n) is 2.60. The van der Waals surface area contributed by atoms with Gasteiger partial charge >= 0.3 is 0 Å². The fraction of sp³-hybridized carbons (Fsp3) is 0.706. The molecule has 0 aromatic carbocycles. The average Bonchev–Trinajstić information content (AvgIpc) is 2.46. The maximum absolute atomic E-state index is 14.8. The summed E-state index contributed by atoms with van der Waals surface area (Å²) in [4.78, 5) is 6.49. The molecule has 1 aromatic rings. The lowest BCUT2D eigenvalue weighted by Gasteiger charge is -2.33. The van der Waals surface area contributed by atoms with E-state index in [1.807, 2.05) is 6.92 Å². The number of halogens is 1. The Bertz CT molecular complexity index is 416. The summed E-state index contributed by atoms with van der Waals surface area (Å²) in [5.74, 6) is 0.808. The van der Waals surface area contributed by atoms with Crippen LogP contribution >= 0.6 is 0 Å². The lowest BCUT2D eigenvalue weighted by atomic mass is 10.1. The van der Waals surface area contributed by atoms with Crippen LogP contribution in [0, 0.1) is 11.7 Å². The summed E-state index contributed by atoms with van der Waals surface area (Å²) in [6.07, 6.45) is 3.73. The third-order valence-electron chi connectivity index (χ3n) is 3.73. The average molecular weight is 295 g/mol. The van der Waals surface area contributed by atoms with Crippen LogP contribution in [0.15, 0.2) is 12.3 Å². The number of anilines is 1. The first kappa shape index (κ1) is 17.9. The predicted octanol–water partition coefficient (Wildman–Crippen LogP) is 3.98. The van der Waals surface area contributed by atoms with Gasteiger partial charge in [0.1, 0.15) is 0 Å². The molecule has 3 nitrogen and oxygen atoms in total. The van der Waals surface area contributed by atoms with Crippen LogP contribution in [-0.4, -0.2) is 24.1 Å². The summed E-state index contributed by atoms with van der Waals surface area (Å²) in [6, 6.07) is 2.10. The molecule has 0 bridgehead atoms. The second kappa shape index (κ2) is 8.98. The minimum absolute atomic E-state index is 0.175. The third kappa shape index (κ3) is 4.95.